The fourth-order valence-corrected chi connectivity index (χ4v) is 2.95. The van der Waals surface area contributed by atoms with Gasteiger partial charge in [-0.1, -0.05) is 18.2 Å². The summed E-state index contributed by atoms with van der Waals surface area (Å²) in [5.74, 6) is 0.00433. The van der Waals surface area contributed by atoms with E-state index in [9.17, 15) is 4.79 Å². The molecule has 1 fully saturated rings. The van der Waals surface area contributed by atoms with Crippen molar-refractivity contribution in [1.29, 1.82) is 0 Å². The number of aryl methyl sites for hydroxylation is 1. The molecule has 5 nitrogen and oxygen atoms in total. The second-order valence-corrected chi connectivity index (χ2v) is 5.82. The molecule has 0 aliphatic carbocycles. The summed E-state index contributed by atoms with van der Waals surface area (Å²) in [4.78, 5) is 14.5. The zero-order chi connectivity index (χ0) is 15.5. The molecule has 3 rings (SSSR count). The number of carbonyl (C=O) groups is 1. The fourth-order valence-electron chi connectivity index (χ4n) is 2.95. The molecule has 124 valence electrons. The van der Waals surface area contributed by atoms with Crippen LogP contribution in [-0.4, -0.2) is 46.8 Å². The quantitative estimate of drug-likeness (QED) is 0.938. The molecule has 0 unspecified atom stereocenters. The maximum Gasteiger partial charge on any atom is 0.274 e. The lowest BCUT2D eigenvalue weighted by Crippen LogP contribution is -2.44. The van der Waals surface area contributed by atoms with Gasteiger partial charge in [-0.2, -0.15) is 5.10 Å². The van der Waals surface area contributed by atoms with Crippen LogP contribution in [-0.2, 0) is 0 Å². The van der Waals surface area contributed by atoms with E-state index in [1.165, 1.54) is 0 Å². The smallest absolute Gasteiger partial charge is 0.274 e. The number of piperidine rings is 1. The molecule has 0 radical (unpaired) electrons. The summed E-state index contributed by atoms with van der Waals surface area (Å²) < 4.78 is 1.82. The predicted octanol–water partition coefficient (Wildman–Crippen LogP) is 2.43. The van der Waals surface area contributed by atoms with Gasteiger partial charge in [0.05, 0.1) is 5.69 Å². The molecule has 23 heavy (non-hydrogen) atoms. The van der Waals surface area contributed by atoms with Crippen LogP contribution in [0.25, 0.3) is 5.69 Å². The molecule has 1 saturated heterocycles. The van der Waals surface area contributed by atoms with Gasteiger partial charge in [0.1, 0.15) is 0 Å². The second-order valence-electron chi connectivity index (χ2n) is 5.82. The van der Waals surface area contributed by atoms with Crippen molar-refractivity contribution in [3.8, 4) is 5.69 Å². The molecule has 1 aliphatic heterocycles. The normalized spacial score (nSPS) is 15.0. The Morgan fingerprint density at radius 1 is 1.26 bits per heavy atom. The van der Waals surface area contributed by atoms with Gasteiger partial charge in [-0.05, 0) is 51.1 Å². The highest BCUT2D eigenvalue weighted by molar-refractivity contribution is 5.92. The molecule has 2 aromatic rings. The number of nitrogens with zero attached hydrogens (tertiary/aromatic N) is 3. The third kappa shape index (κ3) is 3.74. The average molecular weight is 335 g/mol. The molecule has 0 atom stereocenters. The Morgan fingerprint density at radius 2 is 1.91 bits per heavy atom. The first-order valence-electron chi connectivity index (χ1n) is 7.77. The monoisotopic (exact) mass is 334 g/mol. The Hall–Kier alpha value is -1.85. The standard InChI is InChI=1S/C17H22N4O.ClH/c1-13-12-16(19-21(13)15-6-4-3-5-7-15)17(22)20(2)14-8-10-18-11-9-14;/h3-7,12,14,18H,8-11H2,1-2H3;1H. The van der Waals surface area contributed by atoms with Crippen molar-refractivity contribution in [3.63, 3.8) is 0 Å². The number of rotatable bonds is 3. The highest BCUT2D eigenvalue weighted by Gasteiger charge is 2.25. The minimum absolute atomic E-state index is 0. The Balaban J connectivity index is 0.00000192. The summed E-state index contributed by atoms with van der Waals surface area (Å²) in [6, 6.07) is 12.1. The number of carbonyl (C=O) groups excluding carboxylic acids is 1. The van der Waals surface area contributed by atoms with E-state index in [4.69, 9.17) is 0 Å². The van der Waals surface area contributed by atoms with Crippen LogP contribution < -0.4 is 5.32 Å². The van der Waals surface area contributed by atoms with Crippen LogP contribution in [0.5, 0.6) is 0 Å². The van der Waals surface area contributed by atoms with Crippen LogP contribution in [0.1, 0.15) is 29.0 Å². The summed E-state index contributed by atoms with van der Waals surface area (Å²) >= 11 is 0. The van der Waals surface area contributed by atoms with Gasteiger partial charge < -0.3 is 10.2 Å². The number of para-hydroxylation sites is 1. The molecule has 1 aliphatic rings. The van der Waals surface area contributed by atoms with Crippen LogP contribution in [0.3, 0.4) is 0 Å². The van der Waals surface area contributed by atoms with E-state index < -0.39 is 0 Å². The van der Waals surface area contributed by atoms with Crippen molar-refractivity contribution in [3.05, 3.63) is 47.8 Å². The van der Waals surface area contributed by atoms with Crippen LogP contribution in [0.15, 0.2) is 36.4 Å². The number of nitrogens with one attached hydrogen (secondary N) is 1. The molecule has 6 heteroatoms. The summed E-state index contributed by atoms with van der Waals surface area (Å²) in [6.45, 7) is 3.92. The molecular formula is C17H23ClN4O. The minimum Gasteiger partial charge on any atom is -0.337 e. The van der Waals surface area contributed by atoms with Gasteiger partial charge >= 0.3 is 0 Å². The predicted molar refractivity (Wildman–Crippen MR) is 93.5 cm³/mol. The maximum atomic E-state index is 12.7. The van der Waals surface area contributed by atoms with Crippen molar-refractivity contribution in [2.45, 2.75) is 25.8 Å². The van der Waals surface area contributed by atoms with Crippen LogP contribution in [0.2, 0.25) is 0 Å². The topological polar surface area (TPSA) is 50.2 Å². The van der Waals surface area contributed by atoms with Gasteiger partial charge in [0.2, 0.25) is 0 Å². The molecular weight excluding hydrogens is 312 g/mol. The molecule has 1 aromatic carbocycles. The lowest BCUT2D eigenvalue weighted by molar-refractivity contribution is 0.0697. The Kier molecular flexibility index (Phi) is 5.80. The molecule has 0 saturated carbocycles. The first-order chi connectivity index (χ1) is 10.7. The SMILES string of the molecule is Cc1cc(C(=O)N(C)C2CCNCC2)nn1-c1ccccc1.Cl. The fraction of sp³-hybridized carbons (Fsp3) is 0.412. The highest BCUT2D eigenvalue weighted by atomic mass is 35.5. The first-order valence-corrected chi connectivity index (χ1v) is 7.77. The van der Waals surface area contributed by atoms with Crippen LogP contribution in [0, 0.1) is 6.92 Å². The van der Waals surface area contributed by atoms with Gasteiger partial charge in [-0.15, -0.1) is 12.4 Å². The van der Waals surface area contributed by atoms with E-state index in [1.54, 1.807) is 0 Å². The Labute approximate surface area is 143 Å². The van der Waals surface area contributed by atoms with E-state index in [1.807, 2.05) is 60.0 Å². The van der Waals surface area contributed by atoms with E-state index in [0.717, 1.165) is 37.3 Å². The maximum absolute atomic E-state index is 12.7. The van der Waals surface area contributed by atoms with Gasteiger partial charge in [0.15, 0.2) is 5.69 Å². The number of amides is 1. The Bertz CT molecular complexity index is 650. The third-order valence-corrected chi connectivity index (χ3v) is 4.28. The van der Waals surface area contributed by atoms with Crippen molar-refractivity contribution in [2.75, 3.05) is 20.1 Å². The summed E-state index contributed by atoms with van der Waals surface area (Å²) in [6.07, 6.45) is 2.00. The lowest BCUT2D eigenvalue weighted by Gasteiger charge is -2.31. The van der Waals surface area contributed by atoms with Crippen molar-refractivity contribution in [1.82, 2.24) is 20.0 Å². The molecule has 1 aromatic heterocycles. The molecule has 2 heterocycles. The number of hydrogen-bond acceptors (Lipinski definition) is 3. The van der Waals surface area contributed by atoms with Gasteiger partial charge in [0, 0.05) is 18.8 Å². The highest BCUT2D eigenvalue weighted by Crippen LogP contribution is 2.16. The van der Waals surface area contributed by atoms with E-state index in [0.29, 0.717) is 11.7 Å². The molecule has 1 N–H and O–H groups in total. The molecule has 0 spiro atoms. The second kappa shape index (κ2) is 7.62. The largest absolute Gasteiger partial charge is 0.337 e. The van der Waals surface area contributed by atoms with Crippen molar-refractivity contribution >= 4 is 18.3 Å². The van der Waals surface area contributed by atoms with E-state index in [2.05, 4.69) is 10.4 Å². The van der Waals surface area contributed by atoms with Gasteiger partial charge in [0.25, 0.3) is 5.91 Å². The zero-order valence-corrected chi connectivity index (χ0v) is 14.3. The summed E-state index contributed by atoms with van der Waals surface area (Å²) in [7, 11) is 1.88. The zero-order valence-electron chi connectivity index (χ0n) is 13.5. The third-order valence-electron chi connectivity index (χ3n) is 4.28. The van der Waals surface area contributed by atoms with Gasteiger partial charge in [-0.3, -0.25) is 4.79 Å². The molecule has 1 amide bonds. The van der Waals surface area contributed by atoms with E-state index >= 15 is 0 Å². The number of halogens is 1. The van der Waals surface area contributed by atoms with Crippen LogP contribution in [0.4, 0.5) is 0 Å². The summed E-state index contributed by atoms with van der Waals surface area (Å²) in [5.41, 5.74) is 2.46. The van der Waals surface area contributed by atoms with Crippen molar-refractivity contribution < 1.29 is 4.79 Å². The van der Waals surface area contributed by atoms with Crippen molar-refractivity contribution in [2.24, 2.45) is 0 Å². The average Bonchev–Trinajstić information content (AvgIpc) is 2.97. The van der Waals surface area contributed by atoms with E-state index in [-0.39, 0.29) is 18.3 Å². The number of aromatic nitrogens is 2. The van der Waals surface area contributed by atoms with Crippen LogP contribution >= 0.6 is 12.4 Å². The first kappa shape index (κ1) is 17.5. The minimum atomic E-state index is 0. The number of hydrogen-bond donors (Lipinski definition) is 1. The summed E-state index contributed by atoms with van der Waals surface area (Å²) in [5, 5.41) is 7.83. The Morgan fingerprint density at radius 3 is 2.57 bits per heavy atom. The van der Waals surface area contributed by atoms with Gasteiger partial charge in [-0.25, -0.2) is 4.68 Å². The number of benzene rings is 1. The lowest BCUT2D eigenvalue weighted by atomic mass is 10.1. The molecule has 0 bridgehead atoms.